The van der Waals surface area contributed by atoms with Crippen LogP contribution in [0.3, 0.4) is 0 Å². The zero-order valence-corrected chi connectivity index (χ0v) is 17.2. The van der Waals surface area contributed by atoms with Crippen LogP contribution in [0.25, 0.3) is 16.8 Å². The number of hydrogen-bond donors (Lipinski definition) is 0. The van der Waals surface area contributed by atoms with Gasteiger partial charge >= 0.3 is 0 Å². The maximum Gasteiger partial charge on any atom is 0.137 e. The quantitative estimate of drug-likeness (QED) is 0.530. The summed E-state index contributed by atoms with van der Waals surface area (Å²) >= 11 is 0. The van der Waals surface area contributed by atoms with Crippen LogP contribution in [0.15, 0.2) is 48.9 Å². The molecule has 1 aliphatic heterocycles. The van der Waals surface area contributed by atoms with Gasteiger partial charge in [0.2, 0.25) is 0 Å². The minimum Gasteiger partial charge on any atom is -0.302 e. The fourth-order valence-corrected chi connectivity index (χ4v) is 4.50. The van der Waals surface area contributed by atoms with Crippen molar-refractivity contribution < 1.29 is 0 Å². The zero-order chi connectivity index (χ0) is 20.0. The summed E-state index contributed by atoms with van der Waals surface area (Å²) in [6.45, 7) is 6.16. The Kier molecular flexibility index (Phi) is 4.43. The summed E-state index contributed by atoms with van der Waals surface area (Å²) in [5.41, 5.74) is 7.94. The van der Waals surface area contributed by atoms with Gasteiger partial charge in [-0.15, -0.1) is 0 Å². The van der Waals surface area contributed by atoms with Crippen LogP contribution in [0, 0.1) is 13.8 Å². The lowest BCUT2D eigenvalue weighted by atomic mass is 10.0. The number of fused-ring (bicyclic) bond motifs is 1. The van der Waals surface area contributed by atoms with Crippen LogP contribution in [-0.2, 0) is 13.6 Å². The number of hydrogen-bond acceptors (Lipinski definition) is 4. The molecule has 4 aromatic rings. The van der Waals surface area contributed by atoms with Crippen LogP contribution in [0.2, 0.25) is 0 Å². The maximum absolute atomic E-state index is 4.92. The number of rotatable bonds is 4. The molecule has 0 radical (unpaired) electrons. The molecule has 29 heavy (non-hydrogen) atoms. The van der Waals surface area contributed by atoms with Crippen LogP contribution < -0.4 is 0 Å². The highest BCUT2D eigenvalue weighted by Crippen LogP contribution is 2.34. The van der Waals surface area contributed by atoms with Gasteiger partial charge in [-0.1, -0.05) is 6.07 Å². The van der Waals surface area contributed by atoms with E-state index in [9.17, 15) is 0 Å². The number of pyridine rings is 2. The van der Waals surface area contributed by atoms with Gasteiger partial charge in [0.1, 0.15) is 5.65 Å². The van der Waals surface area contributed by atoms with E-state index in [-0.39, 0.29) is 0 Å². The van der Waals surface area contributed by atoms with E-state index in [0.29, 0.717) is 6.04 Å². The number of aromatic nitrogens is 5. The van der Waals surface area contributed by atoms with E-state index < -0.39 is 0 Å². The van der Waals surface area contributed by atoms with Crippen molar-refractivity contribution in [3.05, 3.63) is 71.7 Å². The Morgan fingerprint density at radius 1 is 1.10 bits per heavy atom. The molecular formula is C23H26N6. The molecular weight excluding hydrogens is 360 g/mol. The molecule has 0 saturated carbocycles. The first-order chi connectivity index (χ1) is 14.1. The molecule has 5 heterocycles. The lowest BCUT2D eigenvalue weighted by Crippen LogP contribution is -2.24. The van der Waals surface area contributed by atoms with E-state index >= 15 is 0 Å². The minimum atomic E-state index is 0.332. The molecule has 0 bridgehead atoms. The highest BCUT2D eigenvalue weighted by molar-refractivity contribution is 5.62. The standard InChI is InChI=1S/C23H26N6/c1-16-11-18(19-13-24-27(3)14-19)12-20(25-16)21-7-6-9-28(21)15-22-17(2)26-23-8-4-5-10-29(22)23/h4-5,8,10-14,21H,6-7,9,15H2,1-3H3/t21-/m0/s1. The number of likely N-dealkylation sites (tertiary alicyclic amines) is 1. The molecule has 6 nitrogen and oxygen atoms in total. The van der Waals surface area contributed by atoms with Gasteiger partial charge in [0, 0.05) is 37.2 Å². The summed E-state index contributed by atoms with van der Waals surface area (Å²) < 4.78 is 4.07. The molecule has 4 aromatic heterocycles. The third-order valence-electron chi connectivity index (χ3n) is 5.90. The van der Waals surface area contributed by atoms with Crippen LogP contribution in [0.1, 0.15) is 41.7 Å². The van der Waals surface area contributed by atoms with Gasteiger partial charge in [-0.25, -0.2) is 4.98 Å². The Hall–Kier alpha value is -2.99. The van der Waals surface area contributed by atoms with E-state index in [2.05, 4.69) is 64.9 Å². The molecule has 1 atom stereocenters. The molecule has 0 aromatic carbocycles. The second-order valence-corrected chi connectivity index (χ2v) is 8.03. The maximum atomic E-state index is 4.92. The summed E-state index contributed by atoms with van der Waals surface area (Å²) in [5.74, 6) is 0. The lowest BCUT2D eigenvalue weighted by molar-refractivity contribution is 0.240. The molecule has 1 saturated heterocycles. The fourth-order valence-electron chi connectivity index (χ4n) is 4.50. The van der Waals surface area contributed by atoms with E-state index in [1.165, 1.54) is 17.7 Å². The summed E-state index contributed by atoms with van der Waals surface area (Å²) in [4.78, 5) is 12.2. The topological polar surface area (TPSA) is 51.2 Å². The molecule has 1 fully saturated rings. The summed E-state index contributed by atoms with van der Waals surface area (Å²) in [6.07, 6.45) is 8.43. The normalized spacial score (nSPS) is 17.4. The zero-order valence-electron chi connectivity index (χ0n) is 17.2. The van der Waals surface area contributed by atoms with Gasteiger partial charge in [0.25, 0.3) is 0 Å². The Labute approximate surface area is 170 Å². The predicted octanol–water partition coefficient (Wildman–Crippen LogP) is 4.08. The Morgan fingerprint density at radius 3 is 2.83 bits per heavy atom. The highest BCUT2D eigenvalue weighted by Gasteiger charge is 2.29. The van der Waals surface area contributed by atoms with Gasteiger partial charge in [0.15, 0.2) is 0 Å². The van der Waals surface area contributed by atoms with Crippen molar-refractivity contribution in [3.8, 4) is 11.1 Å². The molecule has 0 amide bonds. The van der Waals surface area contributed by atoms with Crippen molar-refractivity contribution in [2.45, 2.75) is 39.3 Å². The average Bonchev–Trinajstić information content (AvgIpc) is 3.41. The molecule has 6 heteroatoms. The summed E-state index contributed by atoms with van der Waals surface area (Å²) in [7, 11) is 1.95. The molecule has 148 valence electrons. The van der Waals surface area contributed by atoms with E-state index in [0.717, 1.165) is 47.8 Å². The molecule has 5 rings (SSSR count). The van der Waals surface area contributed by atoms with Crippen LogP contribution in [-0.4, -0.2) is 35.6 Å². The SMILES string of the molecule is Cc1cc(-c2cnn(C)c2)cc([C@@H]2CCCN2Cc2c(C)nc3ccccn23)n1. The van der Waals surface area contributed by atoms with Crippen LogP contribution in [0.4, 0.5) is 0 Å². The predicted molar refractivity (Wildman–Crippen MR) is 113 cm³/mol. The molecule has 0 unspecified atom stereocenters. The van der Waals surface area contributed by atoms with Crippen LogP contribution in [0.5, 0.6) is 0 Å². The van der Waals surface area contributed by atoms with Crippen molar-refractivity contribution in [1.29, 1.82) is 0 Å². The number of imidazole rings is 1. The minimum absolute atomic E-state index is 0.332. The third-order valence-corrected chi connectivity index (χ3v) is 5.90. The molecule has 0 N–H and O–H groups in total. The second kappa shape index (κ2) is 7.12. The monoisotopic (exact) mass is 386 g/mol. The van der Waals surface area contributed by atoms with Gasteiger partial charge in [-0.05, 0) is 63.1 Å². The first-order valence-corrected chi connectivity index (χ1v) is 10.2. The van der Waals surface area contributed by atoms with Gasteiger partial charge in [-0.2, -0.15) is 5.10 Å². The largest absolute Gasteiger partial charge is 0.302 e. The van der Waals surface area contributed by atoms with Crippen molar-refractivity contribution in [2.24, 2.45) is 7.05 Å². The first-order valence-electron chi connectivity index (χ1n) is 10.2. The van der Waals surface area contributed by atoms with Crippen molar-refractivity contribution in [3.63, 3.8) is 0 Å². The van der Waals surface area contributed by atoms with Gasteiger partial charge in [-0.3, -0.25) is 14.6 Å². The van der Waals surface area contributed by atoms with E-state index in [4.69, 9.17) is 9.97 Å². The Bertz CT molecular complexity index is 1170. The molecule has 0 spiro atoms. The lowest BCUT2D eigenvalue weighted by Gasteiger charge is -2.25. The summed E-state index contributed by atoms with van der Waals surface area (Å²) in [6, 6.07) is 10.9. The van der Waals surface area contributed by atoms with Gasteiger partial charge in [0.05, 0.1) is 29.3 Å². The van der Waals surface area contributed by atoms with Crippen molar-refractivity contribution in [1.82, 2.24) is 29.0 Å². The smallest absolute Gasteiger partial charge is 0.137 e. The van der Waals surface area contributed by atoms with E-state index in [1.54, 1.807) is 0 Å². The van der Waals surface area contributed by atoms with Gasteiger partial charge < -0.3 is 4.40 Å². The van der Waals surface area contributed by atoms with E-state index in [1.807, 2.05) is 24.0 Å². The second-order valence-electron chi connectivity index (χ2n) is 8.03. The van der Waals surface area contributed by atoms with Crippen molar-refractivity contribution >= 4 is 5.65 Å². The highest BCUT2D eigenvalue weighted by atomic mass is 15.2. The molecule has 0 aliphatic carbocycles. The Morgan fingerprint density at radius 2 is 2.00 bits per heavy atom. The summed E-state index contributed by atoms with van der Waals surface area (Å²) in [5, 5.41) is 4.33. The van der Waals surface area contributed by atoms with Crippen LogP contribution >= 0.6 is 0 Å². The third kappa shape index (κ3) is 3.34. The number of nitrogens with zero attached hydrogens (tertiary/aromatic N) is 6. The first kappa shape index (κ1) is 18.1. The van der Waals surface area contributed by atoms with Crippen molar-refractivity contribution in [2.75, 3.05) is 6.54 Å². The molecule has 1 aliphatic rings. The fraction of sp³-hybridized carbons (Fsp3) is 0.348. The Balaban J connectivity index is 1.48. The average molecular weight is 387 g/mol. The number of aryl methyl sites for hydroxylation is 3.